The lowest BCUT2D eigenvalue weighted by atomic mass is 9.74. The monoisotopic (exact) mass is 264 g/mol. The molecule has 0 bridgehead atoms. The Kier molecular flexibility index (Phi) is 3.25. The summed E-state index contributed by atoms with van der Waals surface area (Å²) in [6, 6.07) is 3.28. The molecule has 0 atom stereocenters. The van der Waals surface area contributed by atoms with Gasteiger partial charge in [-0.25, -0.2) is 4.39 Å². The summed E-state index contributed by atoms with van der Waals surface area (Å²) < 4.78 is 18.8. The number of hydrogen-bond acceptors (Lipinski definition) is 3. The van der Waals surface area contributed by atoms with E-state index in [-0.39, 0.29) is 5.82 Å². The Hall–Kier alpha value is -1.45. The average molecular weight is 264 g/mol. The predicted molar refractivity (Wildman–Crippen MR) is 75.4 cm³/mol. The molecule has 1 aliphatic carbocycles. The molecule has 19 heavy (non-hydrogen) atoms. The summed E-state index contributed by atoms with van der Waals surface area (Å²) in [7, 11) is 1.50. The first kappa shape index (κ1) is 12.6. The van der Waals surface area contributed by atoms with Crippen LogP contribution in [0.5, 0.6) is 5.75 Å². The lowest BCUT2D eigenvalue weighted by Crippen LogP contribution is -2.36. The summed E-state index contributed by atoms with van der Waals surface area (Å²) in [4.78, 5) is 0. The van der Waals surface area contributed by atoms with Gasteiger partial charge >= 0.3 is 0 Å². The fourth-order valence-corrected chi connectivity index (χ4v) is 3.29. The van der Waals surface area contributed by atoms with Gasteiger partial charge in [0.1, 0.15) is 0 Å². The Morgan fingerprint density at radius 3 is 2.32 bits per heavy atom. The highest BCUT2D eigenvalue weighted by Gasteiger charge is 2.33. The molecule has 1 fully saturated rings. The fourth-order valence-electron chi connectivity index (χ4n) is 3.29. The van der Waals surface area contributed by atoms with Gasteiger partial charge in [-0.2, -0.15) is 0 Å². The molecule has 1 spiro atoms. The number of nitrogens with one attached hydrogen (secondary N) is 2. The van der Waals surface area contributed by atoms with E-state index in [1.54, 1.807) is 6.07 Å². The molecule has 0 unspecified atom stereocenters. The summed E-state index contributed by atoms with van der Waals surface area (Å²) in [6.07, 6.45) is 6.45. The number of halogens is 1. The molecule has 0 radical (unpaired) electrons. The van der Waals surface area contributed by atoms with Gasteiger partial charge in [0.15, 0.2) is 11.6 Å². The van der Waals surface area contributed by atoms with Crippen LogP contribution in [0.25, 0.3) is 0 Å². The number of methoxy groups -OCH3 is 1. The van der Waals surface area contributed by atoms with Crippen molar-refractivity contribution in [3.05, 3.63) is 17.9 Å². The lowest BCUT2D eigenvalue weighted by molar-refractivity contribution is 0.224. The van der Waals surface area contributed by atoms with E-state index in [4.69, 9.17) is 4.74 Å². The largest absolute Gasteiger partial charge is 0.494 e. The topological polar surface area (TPSA) is 33.3 Å². The standard InChI is InChI=1S/C15H21FN2O/c1-19-14-8-13-12(7-11(14)16)17-9-15(10-18-13)5-3-2-4-6-15/h7-8,17-18H,2-6,9-10H2,1H3. The van der Waals surface area contributed by atoms with E-state index in [2.05, 4.69) is 10.6 Å². The van der Waals surface area contributed by atoms with Crippen molar-refractivity contribution in [2.75, 3.05) is 30.8 Å². The summed E-state index contributed by atoms with van der Waals surface area (Å²) in [5.74, 6) is -0.0113. The Bertz CT molecular complexity index is 469. The van der Waals surface area contributed by atoms with Crippen molar-refractivity contribution in [1.29, 1.82) is 0 Å². The first-order valence-electron chi connectivity index (χ1n) is 7.08. The van der Waals surface area contributed by atoms with Crippen LogP contribution in [0.15, 0.2) is 12.1 Å². The molecule has 0 saturated heterocycles. The predicted octanol–water partition coefficient (Wildman–Crippen LogP) is 3.62. The van der Waals surface area contributed by atoms with Gasteiger partial charge in [-0.1, -0.05) is 19.3 Å². The van der Waals surface area contributed by atoms with Crippen molar-refractivity contribution in [3.8, 4) is 5.75 Å². The van der Waals surface area contributed by atoms with Gasteiger partial charge in [-0.15, -0.1) is 0 Å². The van der Waals surface area contributed by atoms with Crippen LogP contribution in [0.3, 0.4) is 0 Å². The molecule has 1 aliphatic heterocycles. The third kappa shape index (κ3) is 2.36. The molecule has 1 saturated carbocycles. The second kappa shape index (κ2) is 4.91. The molecule has 104 valence electrons. The fraction of sp³-hybridized carbons (Fsp3) is 0.600. The Morgan fingerprint density at radius 2 is 1.68 bits per heavy atom. The highest BCUT2D eigenvalue weighted by atomic mass is 19.1. The van der Waals surface area contributed by atoms with Gasteiger partial charge in [0, 0.05) is 30.6 Å². The van der Waals surface area contributed by atoms with Gasteiger partial charge in [0.25, 0.3) is 0 Å². The van der Waals surface area contributed by atoms with Crippen molar-refractivity contribution in [2.45, 2.75) is 32.1 Å². The highest BCUT2D eigenvalue weighted by molar-refractivity contribution is 5.72. The van der Waals surface area contributed by atoms with Crippen LogP contribution in [0, 0.1) is 11.2 Å². The second-order valence-corrected chi connectivity index (χ2v) is 5.80. The Balaban J connectivity index is 1.85. The van der Waals surface area contributed by atoms with Crippen LogP contribution in [0.2, 0.25) is 0 Å². The SMILES string of the molecule is COc1cc2c(cc1F)NCC1(CCCCC1)CN2. The Labute approximate surface area is 113 Å². The van der Waals surface area contributed by atoms with Crippen LogP contribution in [-0.4, -0.2) is 20.2 Å². The van der Waals surface area contributed by atoms with Gasteiger partial charge < -0.3 is 15.4 Å². The van der Waals surface area contributed by atoms with Gasteiger partial charge in [0.05, 0.1) is 18.5 Å². The van der Waals surface area contributed by atoms with E-state index >= 15 is 0 Å². The van der Waals surface area contributed by atoms with Crippen molar-refractivity contribution in [1.82, 2.24) is 0 Å². The molecule has 1 heterocycles. The molecule has 1 aromatic rings. The highest BCUT2D eigenvalue weighted by Crippen LogP contribution is 2.41. The zero-order valence-corrected chi connectivity index (χ0v) is 11.4. The summed E-state index contributed by atoms with van der Waals surface area (Å²) in [6.45, 7) is 1.89. The van der Waals surface area contributed by atoms with E-state index in [0.29, 0.717) is 11.2 Å². The van der Waals surface area contributed by atoms with Crippen LogP contribution >= 0.6 is 0 Å². The van der Waals surface area contributed by atoms with E-state index in [1.807, 2.05) is 0 Å². The van der Waals surface area contributed by atoms with E-state index in [0.717, 1.165) is 24.5 Å². The molecule has 2 N–H and O–H groups in total. The molecular formula is C15H21FN2O. The minimum absolute atomic E-state index is 0.299. The van der Waals surface area contributed by atoms with E-state index in [9.17, 15) is 4.39 Å². The van der Waals surface area contributed by atoms with E-state index in [1.165, 1.54) is 45.3 Å². The molecule has 0 amide bonds. The zero-order valence-electron chi connectivity index (χ0n) is 11.4. The minimum Gasteiger partial charge on any atom is -0.494 e. The molecular weight excluding hydrogens is 243 g/mol. The number of anilines is 2. The third-order valence-corrected chi connectivity index (χ3v) is 4.51. The smallest absolute Gasteiger partial charge is 0.167 e. The van der Waals surface area contributed by atoms with Crippen LogP contribution in [0.1, 0.15) is 32.1 Å². The number of hydrogen-bond donors (Lipinski definition) is 2. The third-order valence-electron chi connectivity index (χ3n) is 4.51. The van der Waals surface area contributed by atoms with Gasteiger partial charge in [-0.05, 0) is 12.8 Å². The molecule has 3 nitrogen and oxygen atoms in total. The summed E-state index contributed by atoms with van der Waals surface area (Å²) >= 11 is 0. The average Bonchev–Trinajstić information content (AvgIpc) is 2.60. The maximum Gasteiger partial charge on any atom is 0.167 e. The number of benzene rings is 1. The van der Waals surface area contributed by atoms with Crippen molar-refractivity contribution in [2.24, 2.45) is 5.41 Å². The zero-order chi connectivity index (χ0) is 13.3. The summed E-state index contributed by atoms with van der Waals surface area (Å²) in [5.41, 5.74) is 2.11. The van der Waals surface area contributed by atoms with Crippen molar-refractivity contribution >= 4 is 11.4 Å². The van der Waals surface area contributed by atoms with Crippen molar-refractivity contribution in [3.63, 3.8) is 0 Å². The Morgan fingerprint density at radius 1 is 1.05 bits per heavy atom. The maximum absolute atomic E-state index is 13.8. The maximum atomic E-state index is 13.8. The van der Waals surface area contributed by atoms with Crippen LogP contribution in [0.4, 0.5) is 15.8 Å². The molecule has 3 rings (SSSR count). The number of fused-ring (bicyclic) bond motifs is 1. The van der Waals surface area contributed by atoms with E-state index < -0.39 is 0 Å². The molecule has 4 heteroatoms. The quantitative estimate of drug-likeness (QED) is 0.812. The first-order chi connectivity index (χ1) is 9.22. The van der Waals surface area contributed by atoms with Gasteiger partial charge in [-0.3, -0.25) is 0 Å². The van der Waals surface area contributed by atoms with Gasteiger partial charge in [0.2, 0.25) is 0 Å². The molecule has 1 aromatic carbocycles. The lowest BCUT2D eigenvalue weighted by Gasteiger charge is -2.36. The normalized spacial score (nSPS) is 20.9. The van der Waals surface area contributed by atoms with Crippen LogP contribution < -0.4 is 15.4 Å². The molecule has 0 aromatic heterocycles. The first-order valence-corrected chi connectivity index (χ1v) is 7.08. The molecule has 2 aliphatic rings. The minimum atomic E-state index is -0.310. The second-order valence-electron chi connectivity index (χ2n) is 5.80. The number of ether oxygens (including phenoxy) is 1. The summed E-state index contributed by atoms with van der Waals surface area (Å²) in [5, 5.41) is 6.90. The van der Waals surface area contributed by atoms with Crippen LogP contribution in [-0.2, 0) is 0 Å². The number of rotatable bonds is 1. The van der Waals surface area contributed by atoms with Crippen molar-refractivity contribution < 1.29 is 9.13 Å².